The van der Waals surface area contributed by atoms with E-state index in [9.17, 15) is 4.79 Å². The topological polar surface area (TPSA) is 110 Å². The zero-order valence-electron chi connectivity index (χ0n) is 13.4. The third-order valence-corrected chi connectivity index (χ3v) is 4.63. The van der Waals surface area contributed by atoms with E-state index in [-0.39, 0.29) is 11.5 Å². The summed E-state index contributed by atoms with van der Waals surface area (Å²) in [7, 11) is 0. The van der Waals surface area contributed by atoms with Crippen molar-refractivity contribution in [3.05, 3.63) is 69.7 Å². The van der Waals surface area contributed by atoms with Crippen molar-refractivity contribution in [2.45, 2.75) is 0 Å². The molecule has 0 radical (unpaired) electrons. The van der Waals surface area contributed by atoms with Crippen LogP contribution in [-0.2, 0) is 0 Å². The summed E-state index contributed by atoms with van der Waals surface area (Å²) in [6.07, 6.45) is 3.41. The Morgan fingerprint density at radius 2 is 1.92 bits per heavy atom. The smallest absolute Gasteiger partial charge is 0.262 e. The zero-order chi connectivity index (χ0) is 18.1. The first-order valence-electron chi connectivity index (χ1n) is 7.74. The number of nitrogens with one attached hydrogen (secondary N) is 2. The Morgan fingerprint density at radius 3 is 2.65 bits per heavy atom. The second-order valence-corrected chi connectivity index (χ2v) is 6.39. The van der Waals surface area contributed by atoms with Gasteiger partial charge in [-0.25, -0.2) is 10.8 Å². The Bertz CT molecular complexity index is 1160. The monoisotopic (exact) mass is 408 g/mol. The van der Waals surface area contributed by atoms with Crippen LogP contribution < -0.4 is 16.8 Å². The number of pyridine rings is 2. The van der Waals surface area contributed by atoms with Gasteiger partial charge in [-0.2, -0.15) is 4.98 Å². The average molecular weight is 409 g/mol. The van der Waals surface area contributed by atoms with Crippen LogP contribution in [-0.4, -0.2) is 19.9 Å². The molecule has 0 atom stereocenters. The summed E-state index contributed by atoms with van der Waals surface area (Å²) in [6, 6.07) is 13.3. The predicted octanol–water partition coefficient (Wildman–Crippen LogP) is 3.10. The van der Waals surface area contributed by atoms with Crippen LogP contribution in [0.25, 0.3) is 33.4 Å². The van der Waals surface area contributed by atoms with Crippen LogP contribution in [0.15, 0.2) is 64.1 Å². The molecule has 3 heterocycles. The molecule has 0 fully saturated rings. The number of rotatable bonds is 3. The summed E-state index contributed by atoms with van der Waals surface area (Å²) in [4.78, 5) is 28.3. The highest BCUT2D eigenvalue weighted by Crippen LogP contribution is 2.34. The molecule has 26 heavy (non-hydrogen) atoms. The lowest BCUT2D eigenvalue weighted by Crippen LogP contribution is -2.18. The molecule has 0 unspecified atom stereocenters. The molecule has 0 amide bonds. The fourth-order valence-corrected chi connectivity index (χ4v) is 3.26. The van der Waals surface area contributed by atoms with E-state index in [0.29, 0.717) is 16.7 Å². The number of nitrogens with zero attached hydrogens (tertiary/aromatic N) is 3. The molecular formula is C18H13BrN6O. The number of nitrogens with two attached hydrogens (primary N) is 1. The van der Waals surface area contributed by atoms with Crippen LogP contribution in [0.3, 0.4) is 0 Å². The lowest BCUT2D eigenvalue weighted by atomic mass is 10.0. The van der Waals surface area contributed by atoms with E-state index in [1.807, 2.05) is 42.5 Å². The predicted molar refractivity (Wildman–Crippen MR) is 104 cm³/mol. The molecular weight excluding hydrogens is 396 g/mol. The number of nitrogen functional groups attached to an aromatic ring is 1. The normalized spacial score (nSPS) is 10.8. The molecule has 4 aromatic rings. The SMILES string of the molecule is NNc1nc2nc(-c3cccnc3)cc(-c3ccccc3Br)c2c(=O)[nH]1. The number of benzene rings is 1. The Balaban J connectivity index is 2.11. The van der Waals surface area contributed by atoms with Gasteiger partial charge < -0.3 is 0 Å². The van der Waals surface area contributed by atoms with Crippen LogP contribution in [0, 0.1) is 0 Å². The quantitative estimate of drug-likeness (QED) is 0.354. The molecule has 7 nitrogen and oxygen atoms in total. The van der Waals surface area contributed by atoms with Gasteiger partial charge in [0, 0.05) is 28.0 Å². The van der Waals surface area contributed by atoms with Crippen molar-refractivity contribution in [3.8, 4) is 22.4 Å². The van der Waals surface area contributed by atoms with Gasteiger partial charge in [0.05, 0.1) is 11.1 Å². The molecule has 0 aliphatic rings. The number of H-pyrrole nitrogens is 1. The first-order valence-corrected chi connectivity index (χ1v) is 8.53. The highest BCUT2D eigenvalue weighted by atomic mass is 79.9. The van der Waals surface area contributed by atoms with Crippen molar-refractivity contribution in [3.63, 3.8) is 0 Å². The highest BCUT2D eigenvalue weighted by Gasteiger charge is 2.16. The third-order valence-electron chi connectivity index (χ3n) is 3.94. The summed E-state index contributed by atoms with van der Waals surface area (Å²) >= 11 is 3.55. The third kappa shape index (κ3) is 2.85. The van der Waals surface area contributed by atoms with Gasteiger partial charge in [0.25, 0.3) is 5.56 Å². The zero-order valence-corrected chi connectivity index (χ0v) is 15.0. The lowest BCUT2D eigenvalue weighted by Gasteiger charge is -2.11. The molecule has 0 aliphatic heterocycles. The summed E-state index contributed by atoms with van der Waals surface area (Å²) in [5.41, 5.74) is 5.42. The number of fused-ring (bicyclic) bond motifs is 1. The molecule has 4 rings (SSSR count). The van der Waals surface area contributed by atoms with Crippen LogP contribution in [0.4, 0.5) is 5.95 Å². The van der Waals surface area contributed by atoms with E-state index in [4.69, 9.17) is 5.84 Å². The van der Waals surface area contributed by atoms with Crippen molar-refractivity contribution in [1.29, 1.82) is 0 Å². The Hall–Kier alpha value is -3.10. The van der Waals surface area contributed by atoms with Crippen LogP contribution in [0.1, 0.15) is 0 Å². The second kappa shape index (κ2) is 6.66. The fourth-order valence-electron chi connectivity index (χ4n) is 2.76. The van der Waals surface area contributed by atoms with Crippen molar-refractivity contribution in [1.82, 2.24) is 19.9 Å². The summed E-state index contributed by atoms with van der Waals surface area (Å²) in [5, 5.41) is 0.392. The number of hydrazine groups is 1. The number of aromatic amines is 1. The lowest BCUT2D eigenvalue weighted by molar-refractivity contribution is 1.10. The number of anilines is 1. The van der Waals surface area contributed by atoms with Crippen molar-refractivity contribution in [2.24, 2.45) is 5.84 Å². The van der Waals surface area contributed by atoms with Crippen molar-refractivity contribution >= 4 is 32.9 Å². The molecule has 1 aromatic carbocycles. The molecule has 128 valence electrons. The van der Waals surface area contributed by atoms with E-state index >= 15 is 0 Å². The largest absolute Gasteiger partial charge is 0.294 e. The Kier molecular flexibility index (Phi) is 4.19. The van der Waals surface area contributed by atoms with E-state index in [0.717, 1.165) is 21.2 Å². The van der Waals surface area contributed by atoms with Gasteiger partial charge in [0.15, 0.2) is 5.65 Å². The van der Waals surface area contributed by atoms with Crippen LogP contribution in [0.5, 0.6) is 0 Å². The number of hydrogen-bond acceptors (Lipinski definition) is 6. The summed E-state index contributed by atoms with van der Waals surface area (Å²) in [5.74, 6) is 5.55. The molecule has 0 spiro atoms. The van der Waals surface area contributed by atoms with Gasteiger partial charge >= 0.3 is 0 Å². The number of halogens is 1. The van der Waals surface area contributed by atoms with Crippen LogP contribution >= 0.6 is 15.9 Å². The Labute approximate surface area is 156 Å². The van der Waals surface area contributed by atoms with E-state index in [1.165, 1.54) is 0 Å². The fraction of sp³-hybridized carbons (Fsp3) is 0. The minimum atomic E-state index is -0.320. The summed E-state index contributed by atoms with van der Waals surface area (Å²) in [6.45, 7) is 0. The molecule has 8 heteroatoms. The van der Waals surface area contributed by atoms with Crippen molar-refractivity contribution in [2.75, 3.05) is 5.43 Å². The van der Waals surface area contributed by atoms with Gasteiger partial charge in [-0.15, -0.1) is 0 Å². The maximum atomic E-state index is 12.7. The molecule has 0 saturated carbocycles. The van der Waals surface area contributed by atoms with E-state index in [1.54, 1.807) is 12.4 Å². The molecule has 0 aliphatic carbocycles. The maximum Gasteiger partial charge on any atom is 0.262 e. The van der Waals surface area contributed by atoms with E-state index in [2.05, 4.69) is 41.3 Å². The van der Waals surface area contributed by atoms with Crippen LogP contribution in [0.2, 0.25) is 0 Å². The van der Waals surface area contributed by atoms with Gasteiger partial charge in [-0.3, -0.25) is 20.2 Å². The summed E-state index contributed by atoms with van der Waals surface area (Å²) < 4.78 is 0.866. The molecule has 3 aromatic heterocycles. The second-order valence-electron chi connectivity index (χ2n) is 5.53. The van der Waals surface area contributed by atoms with Gasteiger partial charge in [-0.05, 0) is 29.8 Å². The first-order chi connectivity index (χ1) is 12.7. The highest BCUT2D eigenvalue weighted by molar-refractivity contribution is 9.10. The molecule has 4 N–H and O–H groups in total. The Morgan fingerprint density at radius 1 is 1.08 bits per heavy atom. The maximum absolute atomic E-state index is 12.7. The minimum absolute atomic E-state index is 0.149. The van der Waals surface area contributed by atoms with E-state index < -0.39 is 0 Å². The van der Waals surface area contributed by atoms with Crippen molar-refractivity contribution < 1.29 is 0 Å². The standard InChI is InChI=1S/C18H13BrN6O/c19-13-6-2-1-5-11(13)12-8-14(10-4-3-7-21-9-10)22-16-15(12)17(26)24-18(23-16)25-20/h1-9H,20H2,(H2,22,23,24,25,26). The molecule has 0 bridgehead atoms. The van der Waals surface area contributed by atoms with Gasteiger partial charge in [0.1, 0.15) is 0 Å². The van der Waals surface area contributed by atoms with Gasteiger partial charge in [0.2, 0.25) is 5.95 Å². The number of hydrogen-bond donors (Lipinski definition) is 3. The number of aromatic nitrogens is 4. The average Bonchev–Trinajstić information content (AvgIpc) is 2.68. The first kappa shape index (κ1) is 16.4. The molecule has 0 saturated heterocycles. The van der Waals surface area contributed by atoms with Gasteiger partial charge in [-0.1, -0.05) is 34.1 Å². The minimum Gasteiger partial charge on any atom is -0.294 e.